The van der Waals surface area contributed by atoms with Crippen LogP contribution < -0.4 is 10.2 Å². The van der Waals surface area contributed by atoms with Gasteiger partial charge in [0.25, 0.3) is 5.91 Å². The standard InChI is InChI=1S/C27H25N3O5S/c1-34-25(32)17-35-23-9-5-8-20(14-23)15-28-29-26(33)21-10-12-22(13-11-21)27-30(24(31)18-36-27)16-19-6-3-2-4-7-19/h2-15,27H,16-18H2,1H3,(H,29,33)/b28-15-/t27-/m1/s1. The van der Waals surface area contributed by atoms with E-state index in [1.807, 2.05) is 47.4 Å². The molecule has 0 radical (unpaired) electrons. The van der Waals surface area contributed by atoms with Gasteiger partial charge in [-0.1, -0.05) is 54.6 Å². The molecule has 1 atom stereocenters. The SMILES string of the molecule is COC(=O)COc1cccc(/C=N\NC(=O)c2ccc([C@H]3SCC(=O)N3Cc3ccccc3)cc2)c1. The number of hydrazone groups is 1. The number of nitrogens with one attached hydrogen (secondary N) is 1. The molecule has 0 saturated carbocycles. The minimum Gasteiger partial charge on any atom is -0.482 e. The highest BCUT2D eigenvalue weighted by atomic mass is 32.2. The van der Waals surface area contributed by atoms with E-state index in [4.69, 9.17) is 4.74 Å². The van der Waals surface area contributed by atoms with E-state index in [1.54, 1.807) is 48.2 Å². The van der Waals surface area contributed by atoms with E-state index in [0.29, 0.717) is 29.2 Å². The first-order valence-electron chi connectivity index (χ1n) is 11.2. The zero-order valence-electron chi connectivity index (χ0n) is 19.6. The van der Waals surface area contributed by atoms with Crippen LogP contribution in [0.5, 0.6) is 5.75 Å². The fraction of sp³-hybridized carbons (Fsp3) is 0.185. The Bertz CT molecular complexity index is 1250. The number of hydrogen-bond acceptors (Lipinski definition) is 7. The van der Waals surface area contributed by atoms with Crippen LogP contribution >= 0.6 is 11.8 Å². The summed E-state index contributed by atoms with van der Waals surface area (Å²) in [7, 11) is 1.29. The van der Waals surface area contributed by atoms with E-state index in [2.05, 4.69) is 15.3 Å². The maximum absolute atomic E-state index is 12.5. The number of ether oxygens (including phenoxy) is 2. The molecule has 1 aliphatic rings. The van der Waals surface area contributed by atoms with Gasteiger partial charge in [-0.2, -0.15) is 5.10 Å². The highest BCUT2D eigenvalue weighted by Gasteiger charge is 2.32. The van der Waals surface area contributed by atoms with Crippen molar-refractivity contribution in [2.75, 3.05) is 19.5 Å². The quantitative estimate of drug-likeness (QED) is 0.271. The molecule has 1 N–H and O–H groups in total. The highest BCUT2D eigenvalue weighted by molar-refractivity contribution is 8.00. The van der Waals surface area contributed by atoms with Gasteiger partial charge < -0.3 is 14.4 Å². The highest BCUT2D eigenvalue weighted by Crippen LogP contribution is 2.39. The first-order chi connectivity index (χ1) is 17.5. The molecular formula is C27H25N3O5S. The number of nitrogens with zero attached hydrogens (tertiary/aromatic N) is 2. The molecule has 3 aromatic rings. The predicted octanol–water partition coefficient (Wildman–Crippen LogP) is 3.78. The fourth-order valence-corrected chi connectivity index (χ4v) is 4.78. The number of carbonyl (C=O) groups is 3. The molecule has 0 spiro atoms. The third-order valence-electron chi connectivity index (χ3n) is 5.44. The minimum absolute atomic E-state index is 0.0958. The zero-order valence-corrected chi connectivity index (χ0v) is 20.4. The van der Waals surface area contributed by atoms with E-state index in [9.17, 15) is 14.4 Å². The fourth-order valence-electron chi connectivity index (χ4n) is 3.60. The molecule has 3 aromatic carbocycles. The van der Waals surface area contributed by atoms with Crippen LogP contribution in [0.15, 0.2) is 84.0 Å². The third kappa shape index (κ3) is 6.51. The van der Waals surface area contributed by atoms with Gasteiger partial charge in [-0.3, -0.25) is 9.59 Å². The van der Waals surface area contributed by atoms with Crippen molar-refractivity contribution in [1.82, 2.24) is 10.3 Å². The summed E-state index contributed by atoms with van der Waals surface area (Å²) in [5, 5.41) is 3.91. The van der Waals surface area contributed by atoms with E-state index in [1.165, 1.54) is 13.3 Å². The van der Waals surface area contributed by atoms with Gasteiger partial charge >= 0.3 is 5.97 Å². The molecule has 36 heavy (non-hydrogen) atoms. The number of benzene rings is 3. The number of amides is 2. The molecule has 1 aliphatic heterocycles. The number of thioether (sulfide) groups is 1. The average molecular weight is 504 g/mol. The molecule has 1 saturated heterocycles. The number of methoxy groups -OCH3 is 1. The van der Waals surface area contributed by atoms with Crippen LogP contribution in [0.25, 0.3) is 0 Å². The Hall–Kier alpha value is -4.11. The van der Waals surface area contributed by atoms with Gasteiger partial charge in [-0.15, -0.1) is 11.8 Å². The van der Waals surface area contributed by atoms with Gasteiger partial charge in [0, 0.05) is 12.1 Å². The van der Waals surface area contributed by atoms with Crippen LogP contribution in [0.4, 0.5) is 0 Å². The van der Waals surface area contributed by atoms with E-state index in [-0.39, 0.29) is 23.8 Å². The Morgan fingerprint density at radius 1 is 1.08 bits per heavy atom. The predicted molar refractivity (Wildman–Crippen MR) is 138 cm³/mol. The van der Waals surface area contributed by atoms with Gasteiger partial charge in [0.2, 0.25) is 5.91 Å². The molecule has 2 amide bonds. The Morgan fingerprint density at radius 2 is 1.86 bits per heavy atom. The molecule has 0 bridgehead atoms. The summed E-state index contributed by atoms with van der Waals surface area (Å²) in [6, 6.07) is 24.0. The molecule has 1 heterocycles. The van der Waals surface area contributed by atoms with Crippen molar-refractivity contribution in [2.24, 2.45) is 5.10 Å². The van der Waals surface area contributed by atoms with Crippen molar-refractivity contribution in [3.63, 3.8) is 0 Å². The van der Waals surface area contributed by atoms with Crippen LogP contribution in [0.2, 0.25) is 0 Å². The second-order valence-electron chi connectivity index (χ2n) is 7.93. The van der Waals surface area contributed by atoms with Crippen molar-refractivity contribution >= 4 is 35.8 Å². The van der Waals surface area contributed by atoms with Crippen LogP contribution in [0.1, 0.15) is 32.4 Å². The lowest BCUT2D eigenvalue weighted by atomic mass is 10.1. The van der Waals surface area contributed by atoms with Gasteiger partial charge in [0.1, 0.15) is 11.1 Å². The van der Waals surface area contributed by atoms with E-state index >= 15 is 0 Å². The lowest BCUT2D eigenvalue weighted by molar-refractivity contribution is -0.142. The summed E-state index contributed by atoms with van der Waals surface area (Å²) in [4.78, 5) is 38.1. The van der Waals surface area contributed by atoms with Crippen molar-refractivity contribution in [3.8, 4) is 5.75 Å². The van der Waals surface area contributed by atoms with Gasteiger partial charge in [-0.05, 0) is 41.0 Å². The first-order valence-corrected chi connectivity index (χ1v) is 12.3. The van der Waals surface area contributed by atoms with Crippen molar-refractivity contribution in [1.29, 1.82) is 0 Å². The van der Waals surface area contributed by atoms with Crippen molar-refractivity contribution in [3.05, 3.63) is 101 Å². The minimum atomic E-state index is -0.477. The largest absolute Gasteiger partial charge is 0.482 e. The second-order valence-corrected chi connectivity index (χ2v) is 9.00. The van der Waals surface area contributed by atoms with Crippen LogP contribution in [0, 0.1) is 0 Å². The Balaban J connectivity index is 1.35. The normalized spacial score (nSPS) is 15.2. The Labute approximate surface area is 213 Å². The molecule has 9 heteroatoms. The van der Waals surface area contributed by atoms with Crippen molar-refractivity contribution in [2.45, 2.75) is 11.9 Å². The third-order valence-corrected chi connectivity index (χ3v) is 6.70. The van der Waals surface area contributed by atoms with E-state index < -0.39 is 5.97 Å². The summed E-state index contributed by atoms with van der Waals surface area (Å²) in [5.41, 5.74) is 5.69. The molecule has 0 aromatic heterocycles. The smallest absolute Gasteiger partial charge is 0.343 e. The summed E-state index contributed by atoms with van der Waals surface area (Å²) in [6.45, 7) is 0.352. The maximum atomic E-state index is 12.5. The number of hydrogen-bond donors (Lipinski definition) is 1. The molecule has 1 fully saturated rings. The number of rotatable bonds is 9. The first kappa shape index (κ1) is 25.0. The zero-order chi connectivity index (χ0) is 25.3. The molecule has 8 nitrogen and oxygen atoms in total. The second kappa shape index (κ2) is 12.0. The monoisotopic (exact) mass is 503 g/mol. The van der Waals surface area contributed by atoms with Crippen LogP contribution in [-0.4, -0.2) is 48.4 Å². The summed E-state index contributed by atoms with van der Waals surface area (Å²) in [6.07, 6.45) is 1.49. The number of esters is 1. The number of carbonyl (C=O) groups excluding carboxylic acids is 3. The summed E-state index contributed by atoms with van der Waals surface area (Å²) >= 11 is 1.58. The Kier molecular flexibility index (Phi) is 8.36. The molecule has 0 unspecified atom stereocenters. The topological polar surface area (TPSA) is 97.3 Å². The lowest BCUT2D eigenvalue weighted by Crippen LogP contribution is -2.27. The molecule has 0 aliphatic carbocycles. The van der Waals surface area contributed by atoms with Crippen LogP contribution in [-0.2, 0) is 20.9 Å². The molecule has 4 rings (SSSR count). The maximum Gasteiger partial charge on any atom is 0.343 e. The average Bonchev–Trinajstić information content (AvgIpc) is 3.27. The van der Waals surface area contributed by atoms with Gasteiger partial charge in [0.05, 0.1) is 19.1 Å². The van der Waals surface area contributed by atoms with E-state index in [0.717, 1.165) is 11.1 Å². The van der Waals surface area contributed by atoms with Crippen molar-refractivity contribution < 1.29 is 23.9 Å². The Morgan fingerprint density at radius 3 is 2.61 bits per heavy atom. The molecule has 184 valence electrons. The summed E-state index contributed by atoms with van der Waals surface area (Å²) in [5.74, 6) is 0.186. The summed E-state index contributed by atoms with van der Waals surface area (Å²) < 4.78 is 9.90. The van der Waals surface area contributed by atoms with Gasteiger partial charge in [-0.25, -0.2) is 10.2 Å². The lowest BCUT2D eigenvalue weighted by Gasteiger charge is -2.24. The molecular weight excluding hydrogens is 478 g/mol. The van der Waals surface area contributed by atoms with Gasteiger partial charge in [0.15, 0.2) is 6.61 Å². The van der Waals surface area contributed by atoms with Crippen LogP contribution in [0.3, 0.4) is 0 Å².